The minimum Gasteiger partial charge on any atom is -0.483 e. The Kier molecular flexibility index (Phi) is 3.91. The van der Waals surface area contributed by atoms with Crippen molar-refractivity contribution in [2.24, 2.45) is 0 Å². The lowest BCUT2D eigenvalue weighted by atomic mass is 9.85. The van der Waals surface area contributed by atoms with Crippen molar-refractivity contribution in [1.82, 2.24) is 0 Å². The van der Waals surface area contributed by atoms with Crippen LogP contribution in [0, 0.1) is 10.1 Å². The van der Waals surface area contributed by atoms with Gasteiger partial charge < -0.3 is 9.15 Å². The van der Waals surface area contributed by atoms with E-state index in [1.54, 1.807) is 24.3 Å². The molecule has 0 aliphatic carbocycles. The Bertz CT molecular complexity index is 1280. The largest absolute Gasteiger partial charge is 0.483 e. The average Bonchev–Trinajstić information content (AvgIpc) is 3.16. The third-order valence-electron chi connectivity index (χ3n) is 5.25. The molecule has 4 aromatic rings. The van der Waals surface area contributed by atoms with Crippen LogP contribution < -0.4 is 10.4 Å². The monoisotopic (exact) mass is 385 g/mol. The lowest BCUT2D eigenvalue weighted by molar-refractivity contribution is -0.384. The van der Waals surface area contributed by atoms with E-state index in [4.69, 9.17) is 9.15 Å². The second-order valence-electron chi connectivity index (χ2n) is 6.90. The molecule has 6 nitrogen and oxygen atoms in total. The number of hydrogen-bond acceptors (Lipinski definition) is 5. The molecule has 0 fully saturated rings. The molecule has 142 valence electrons. The number of ether oxygens (including phenoxy) is 1. The molecule has 0 spiro atoms. The second-order valence-corrected chi connectivity index (χ2v) is 6.90. The zero-order chi connectivity index (χ0) is 20.0. The van der Waals surface area contributed by atoms with Gasteiger partial charge in [0, 0.05) is 12.1 Å². The summed E-state index contributed by atoms with van der Waals surface area (Å²) in [5.41, 5.74) is 2.18. The van der Waals surface area contributed by atoms with Crippen LogP contribution in [0.2, 0.25) is 0 Å². The minimum absolute atomic E-state index is 0.00508. The third-order valence-corrected chi connectivity index (χ3v) is 5.25. The Labute approximate surface area is 165 Å². The lowest BCUT2D eigenvalue weighted by Gasteiger charge is -2.19. The SMILES string of the molecule is O=c1oc2ccccc2c2c1[C@H](c1ccccc1)[C@@H](c1ccc([N+](=O)[O-])cc1)O2. The van der Waals surface area contributed by atoms with Crippen molar-refractivity contribution in [1.29, 1.82) is 0 Å². The average molecular weight is 385 g/mol. The third kappa shape index (κ3) is 2.77. The Morgan fingerprint density at radius 1 is 0.828 bits per heavy atom. The number of benzene rings is 3. The van der Waals surface area contributed by atoms with Crippen molar-refractivity contribution >= 4 is 16.7 Å². The van der Waals surface area contributed by atoms with Gasteiger partial charge in [0.1, 0.15) is 17.4 Å². The van der Waals surface area contributed by atoms with Crippen LogP contribution in [0.3, 0.4) is 0 Å². The molecular weight excluding hydrogens is 370 g/mol. The highest BCUT2D eigenvalue weighted by molar-refractivity contribution is 5.85. The van der Waals surface area contributed by atoms with E-state index in [1.807, 2.05) is 42.5 Å². The maximum absolute atomic E-state index is 12.9. The fourth-order valence-corrected chi connectivity index (χ4v) is 3.93. The molecule has 1 aliphatic rings. The van der Waals surface area contributed by atoms with Gasteiger partial charge in [-0.15, -0.1) is 0 Å². The number of non-ortho nitro benzene ring substituents is 1. The fraction of sp³-hybridized carbons (Fsp3) is 0.0870. The molecule has 6 heteroatoms. The predicted molar refractivity (Wildman–Crippen MR) is 107 cm³/mol. The molecule has 0 radical (unpaired) electrons. The van der Waals surface area contributed by atoms with Gasteiger partial charge in [-0.25, -0.2) is 4.79 Å². The highest BCUT2D eigenvalue weighted by Crippen LogP contribution is 2.50. The normalized spacial score (nSPS) is 17.7. The van der Waals surface area contributed by atoms with Crippen LogP contribution in [0.1, 0.15) is 28.7 Å². The van der Waals surface area contributed by atoms with Crippen LogP contribution in [0.15, 0.2) is 88.1 Å². The van der Waals surface area contributed by atoms with E-state index in [2.05, 4.69) is 0 Å². The molecule has 0 amide bonds. The number of nitrogens with zero attached hydrogens (tertiary/aromatic N) is 1. The lowest BCUT2D eigenvalue weighted by Crippen LogP contribution is -2.15. The molecule has 1 aliphatic heterocycles. The van der Waals surface area contributed by atoms with Gasteiger partial charge >= 0.3 is 5.63 Å². The summed E-state index contributed by atoms with van der Waals surface area (Å²) in [6.07, 6.45) is -0.498. The molecular formula is C23H15NO5. The van der Waals surface area contributed by atoms with Crippen LogP contribution in [-0.2, 0) is 0 Å². The zero-order valence-corrected chi connectivity index (χ0v) is 15.1. The van der Waals surface area contributed by atoms with Crippen molar-refractivity contribution < 1.29 is 14.1 Å². The Balaban J connectivity index is 1.72. The Hall–Kier alpha value is -3.93. The molecule has 0 bridgehead atoms. The summed E-state index contributed by atoms with van der Waals surface area (Å²) in [5.74, 6) is 0.127. The van der Waals surface area contributed by atoms with Crippen LogP contribution in [-0.4, -0.2) is 4.92 Å². The van der Waals surface area contributed by atoms with Crippen molar-refractivity contribution in [2.75, 3.05) is 0 Å². The first-order valence-electron chi connectivity index (χ1n) is 9.15. The first-order valence-corrected chi connectivity index (χ1v) is 9.15. The standard InChI is InChI=1S/C23H15NO5/c25-23-20-19(14-6-2-1-3-7-14)21(15-10-12-16(13-11-15)24(26)27)29-22(20)17-8-4-5-9-18(17)28-23/h1-13,19,21H/t19-,21+/m0/s1. The van der Waals surface area contributed by atoms with E-state index in [0.717, 1.165) is 16.5 Å². The predicted octanol–water partition coefficient (Wildman–Crippen LogP) is 4.97. The molecule has 0 saturated heterocycles. The summed E-state index contributed by atoms with van der Waals surface area (Å²) in [4.78, 5) is 23.5. The van der Waals surface area contributed by atoms with Gasteiger partial charge in [-0.3, -0.25) is 10.1 Å². The van der Waals surface area contributed by atoms with Gasteiger partial charge in [-0.05, 0) is 35.4 Å². The van der Waals surface area contributed by atoms with Crippen molar-refractivity contribution in [3.63, 3.8) is 0 Å². The van der Waals surface area contributed by atoms with Crippen molar-refractivity contribution in [3.8, 4) is 5.75 Å². The summed E-state index contributed by atoms with van der Waals surface area (Å²) in [6.45, 7) is 0. The second kappa shape index (κ2) is 6.60. The van der Waals surface area contributed by atoms with E-state index < -0.39 is 16.7 Å². The van der Waals surface area contributed by atoms with Crippen LogP contribution in [0.25, 0.3) is 11.0 Å². The van der Waals surface area contributed by atoms with Crippen molar-refractivity contribution in [3.05, 3.63) is 116 Å². The topological polar surface area (TPSA) is 82.6 Å². The van der Waals surface area contributed by atoms with Gasteiger partial charge in [0.15, 0.2) is 0 Å². The van der Waals surface area contributed by atoms with Crippen LogP contribution in [0.5, 0.6) is 5.75 Å². The van der Waals surface area contributed by atoms with Gasteiger partial charge in [0.2, 0.25) is 0 Å². The van der Waals surface area contributed by atoms with Gasteiger partial charge in [-0.2, -0.15) is 0 Å². The number of hydrogen-bond donors (Lipinski definition) is 0. The van der Waals surface area contributed by atoms with E-state index >= 15 is 0 Å². The number of fused-ring (bicyclic) bond motifs is 3. The Morgan fingerprint density at radius 3 is 2.24 bits per heavy atom. The summed E-state index contributed by atoms with van der Waals surface area (Å²) in [7, 11) is 0. The summed E-state index contributed by atoms with van der Waals surface area (Å²) >= 11 is 0. The molecule has 3 aromatic carbocycles. The van der Waals surface area contributed by atoms with Crippen molar-refractivity contribution in [2.45, 2.75) is 12.0 Å². The maximum Gasteiger partial charge on any atom is 0.344 e. The Morgan fingerprint density at radius 2 is 1.52 bits per heavy atom. The molecule has 0 saturated carbocycles. The minimum atomic E-state index is -0.498. The number of para-hydroxylation sites is 1. The van der Waals surface area contributed by atoms with Gasteiger partial charge in [0.05, 0.1) is 21.8 Å². The number of nitro benzene ring substituents is 1. The molecule has 5 rings (SSSR count). The molecule has 2 atom stereocenters. The van der Waals surface area contributed by atoms with E-state index in [9.17, 15) is 14.9 Å². The van der Waals surface area contributed by atoms with Crippen LogP contribution in [0.4, 0.5) is 5.69 Å². The smallest absolute Gasteiger partial charge is 0.344 e. The summed E-state index contributed by atoms with van der Waals surface area (Å²) in [6, 6.07) is 23.1. The molecule has 2 heterocycles. The molecule has 0 N–H and O–H groups in total. The summed E-state index contributed by atoms with van der Waals surface area (Å²) < 4.78 is 11.9. The highest BCUT2D eigenvalue weighted by Gasteiger charge is 2.41. The first-order chi connectivity index (χ1) is 14.1. The summed E-state index contributed by atoms with van der Waals surface area (Å²) in [5, 5.41) is 11.7. The highest BCUT2D eigenvalue weighted by atomic mass is 16.6. The van der Waals surface area contributed by atoms with Gasteiger partial charge in [-0.1, -0.05) is 42.5 Å². The first kappa shape index (κ1) is 17.2. The number of rotatable bonds is 3. The van der Waals surface area contributed by atoms with Gasteiger partial charge in [0.25, 0.3) is 5.69 Å². The van der Waals surface area contributed by atoms with E-state index in [0.29, 0.717) is 16.9 Å². The van der Waals surface area contributed by atoms with E-state index in [1.165, 1.54) is 12.1 Å². The van der Waals surface area contributed by atoms with E-state index in [-0.39, 0.29) is 11.6 Å². The zero-order valence-electron chi connectivity index (χ0n) is 15.1. The maximum atomic E-state index is 12.9. The fourth-order valence-electron chi connectivity index (χ4n) is 3.93. The number of nitro groups is 1. The molecule has 29 heavy (non-hydrogen) atoms. The van der Waals surface area contributed by atoms with Crippen LogP contribution >= 0.6 is 0 Å². The molecule has 0 unspecified atom stereocenters. The molecule has 1 aromatic heterocycles. The quantitative estimate of drug-likeness (QED) is 0.283.